The molecule has 1 unspecified atom stereocenters. The highest BCUT2D eigenvalue weighted by atomic mass is 32.1. The van der Waals surface area contributed by atoms with Crippen molar-refractivity contribution in [3.05, 3.63) is 23.8 Å². The van der Waals surface area contributed by atoms with E-state index in [2.05, 4.69) is 30.0 Å². The number of aryl methyl sites for hydroxylation is 1. The van der Waals surface area contributed by atoms with Gasteiger partial charge >= 0.3 is 0 Å². The lowest BCUT2D eigenvalue weighted by molar-refractivity contribution is -0.148. The van der Waals surface area contributed by atoms with Crippen molar-refractivity contribution in [2.45, 2.75) is 13.0 Å². The molecule has 0 N–H and O–H groups in total. The Morgan fingerprint density at radius 3 is 2.92 bits per heavy atom. The SMILES string of the molecule is Cc1ccc2nc(N3CCOC(C(=O)N4CCOCC4)C3)sc2c1. The summed E-state index contributed by atoms with van der Waals surface area (Å²) in [5.41, 5.74) is 2.25. The third kappa shape index (κ3) is 3.11. The third-order valence-corrected chi connectivity index (χ3v) is 5.55. The first kappa shape index (κ1) is 15.8. The summed E-state index contributed by atoms with van der Waals surface area (Å²) in [5, 5.41) is 0.971. The Balaban J connectivity index is 1.50. The number of anilines is 1. The summed E-state index contributed by atoms with van der Waals surface area (Å²) in [6.07, 6.45) is -0.411. The van der Waals surface area contributed by atoms with Gasteiger partial charge in [0.05, 0.1) is 36.6 Å². The Bertz CT molecular complexity index is 742. The molecular formula is C17H21N3O3S. The zero-order valence-corrected chi connectivity index (χ0v) is 14.6. The number of benzene rings is 1. The van der Waals surface area contributed by atoms with E-state index in [4.69, 9.17) is 14.5 Å². The number of nitrogens with zero attached hydrogens (tertiary/aromatic N) is 3. The van der Waals surface area contributed by atoms with Crippen molar-refractivity contribution in [3.8, 4) is 0 Å². The lowest BCUT2D eigenvalue weighted by atomic mass is 10.2. The second kappa shape index (κ2) is 6.66. The summed E-state index contributed by atoms with van der Waals surface area (Å²) in [6, 6.07) is 6.30. The van der Waals surface area contributed by atoms with Gasteiger partial charge in [-0.05, 0) is 24.6 Å². The van der Waals surface area contributed by atoms with E-state index in [0.29, 0.717) is 39.5 Å². The average molecular weight is 347 g/mol. The molecule has 7 heteroatoms. The molecule has 0 radical (unpaired) electrons. The minimum Gasteiger partial charge on any atom is -0.378 e. The van der Waals surface area contributed by atoms with Crippen LogP contribution in [0.15, 0.2) is 18.2 Å². The molecule has 2 fully saturated rings. The summed E-state index contributed by atoms with van der Waals surface area (Å²) in [7, 11) is 0. The molecule has 2 aliphatic heterocycles. The van der Waals surface area contributed by atoms with Crippen LogP contribution in [-0.2, 0) is 14.3 Å². The lowest BCUT2D eigenvalue weighted by Gasteiger charge is -2.36. The molecule has 2 aromatic rings. The molecule has 128 valence electrons. The average Bonchev–Trinajstić information content (AvgIpc) is 3.05. The number of carbonyl (C=O) groups is 1. The van der Waals surface area contributed by atoms with Crippen LogP contribution in [0.3, 0.4) is 0 Å². The van der Waals surface area contributed by atoms with Crippen molar-refractivity contribution < 1.29 is 14.3 Å². The standard InChI is InChI=1S/C17H21N3O3S/c1-12-2-3-13-15(10-12)24-17(18-13)20-6-9-23-14(11-20)16(21)19-4-7-22-8-5-19/h2-3,10,14H,4-9,11H2,1H3. The van der Waals surface area contributed by atoms with Crippen LogP contribution in [0.1, 0.15) is 5.56 Å². The molecule has 3 heterocycles. The van der Waals surface area contributed by atoms with Crippen molar-refractivity contribution in [2.24, 2.45) is 0 Å². The molecule has 1 aromatic carbocycles. The number of amides is 1. The largest absolute Gasteiger partial charge is 0.378 e. The van der Waals surface area contributed by atoms with E-state index < -0.39 is 6.10 Å². The van der Waals surface area contributed by atoms with Crippen LogP contribution < -0.4 is 4.90 Å². The first-order chi connectivity index (χ1) is 11.7. The minimum atomic E-state index is -0.411. The highest BCUT2D eigenvalue weighted by Gasteiger charge is 2.32. The summed E-state index contributed by atoms with van der Waals surface area (Å²) in [4.78, 5) is 21.4. The van der Waals surface area contributed by atoms with Crippen molar-refractivity contribution in [1.82, 2.24) is 9.88 Å². The topological polar surface area (TPSA) is 54.9 Å². The number of hydrogen-bond acceptors (Lipinski definition) is 6. The molecule has 1 atom stereocenters. The van der Waals surface area contributed by atoms with Gasteiger partial charge in [0, 0.05) is 19.6 Å². The molecule has 4 rings (SSSR count). The zero-order chi connectivity index (χ0) is 16.5. The lowest BCUT2D eigenvalue weighted by Crippen LogP contribution is -2.53. The third-order valence-electron chi connectivity index (χ3n) is 4.47. The molecular weight excluding hydrogens is 326 g/mol. The van der Waals surface area contributed by atoms with E-state index >= 15 is 0 Å². The van der Waals surface area contributed by atoms with Gasteiger partial charge in [-0.25, -0.2) is 4.98 Å². The predicted octanol–water partition coefficient (Wildman–Crippen LogP) is 1.67. The molecule has 1 amide bonds. The van der Waals surface area contributed by atoms with Crippen molar-refractivity contribution in [2.75, 3.05) is 50.9 Å². The molecule has 2 saturated heterocycles. The number of rotatable bonds is 2. The summed E-state index contributed by atoms with van der Waals surface area (Å²) in [6.45, 7) is 6.50. The first-order valence-corrected chi connectivity index (χ1v) is 9.12. The maximum atomic E-state index is 12.6. The van der Waals surface area contributed by atoms with E-state index in [1.54, 1.807) is 11.3 Å². The number of thiazole rings is 1. The molecule has 6 nitrogen and oxygen atoms in total. The van der Waals surface area contributed by atoms with Crippen LogP contribution in [-0.4, -0.2) is 67.9 Å². The summed E-state index contributed by atoms with van der Waals surface area (Å²) < 4.78 is 12.2. The smallest absolute Gasteiger partial charge is 0.253 e. The van der Waals surface area contributed by atoms with E-state index in [-0.39, 0.29) is 5.91 Å². The number of morpholine rings is 2. The number of aromatic nitrogens is 1. The monoisotopic (exact) mass is 347 g/mol. The van der Waals surface area contributed by atoms with Gasteiger partial charge in [-0.15, -0.1) is 0 Å². The maximum Gasteiger partial charge on any atom is 0.253 e. The van der Waals surface area contributed by atoms with Crippen LogP contribution >= 0.6 is 11.3 Å². The number of hydrogen-bond donors (Lipinski definition) is 0. The fraction of sp³-hybridized carbons (Fsp3) is 0.529. The van der Waals surface area contributed by atoms with Gasteiger partial charge in [-0.3, -0.25) is 4.79 Å². The van der Waals surface area contributed by atoms with Gasteiger partial charge in [-0.2, -0.15) is 0 Å². The molecule has 24 heavy (non-hydrogen) atoms. The van der Waals surface area contributed by atoms with E-state index in [9.17, 15) is 4.79 Å². The highest BCUT2D eigenvalue weighted by Crippen LogP contribution is 2.30. The fourth-order valence-electron chi connectivity index (χ4n) is 3.11. The molecule has 0 bridgehead atoms. The molecule has 0 spiro atoms. The fourth-order valence-corrected chi connectivity index (χ4v) is 4.21. The van der Waals surface area contributed by atoms with Crippen molar-refractivity contribution in [1.29, 1.82) is 0 Å². The summed E-state index contributed by atoms with van der Waals surface area (Å²) in [5.74, 6) is 0.0694. The Morgan fingerprint density at radius 1 is 1.25 bits per heavy atom. The van der Waals surface area contributed by atoms with Crippen molar-refractivity contribution >= 4 is 32.6 Å². The molecule has 0 aliphatic carbocycles. The number of ether oxygens (including phenoxy) is 2. The Morgan fingerprint density at radius 2 is 2.08 bits per heavy atom. The molecule has 1 aromatic heterocycles. The quantitative estimate of drug-likeness (QED) is 0.827. The van der Waals surface area contributed by atoms with Crippen LogP contribution in [0.25, 0.3) is 10.2 Å². The van der Waals surface area contributed by atoms with Gasteiger partial charge in [0.25, 0.3) is 5.91 Å². The van der Waals surface area contributed by atoms with Gasteiger partial charge in [0.15, 0.2) is 11.2 Å². The van der Waals surface area contributed by atoms with Gasteiger partial charge in [0.1, 0.15) is 0 Å². The Hall–Kier alpha value is -1.70. The summed E-state index contributed by atoms with van der Waals surface area (Å²) >= 11 is 1.68. The minimum absolute atomic E-state index is 0.0694. The Kier molecular flexibility index (Phi) is 4.39. The maximum absolute atomic E-state index is 12.6. The first-order valence-electron chi connectivity index (χ1n) is 8.31. The van der Waals surface area contributed by atoms with Crippen LogP contribution in [0.2, 0.25) is 0 Å². The Labute approximate surface area is 145 Å². The van der Waals surface area contributed by atoms with Gasteiger partial charge < -0.3 is 19.3 Å². The van der Waals surface area contributed by atoms with Gasteiger partial charge in [-0.1, -0.05) is 17.4 Å². The molecule has 2 aliphatic rings. The van der Waals surface area contributed by atoms with E-state index in [1.165, 1.54) is 10.3 Å². The highest BCUT2D eigenvalue weighted by molar-refractivity contribution is 7.22. The van der Waals surface area contributed by atoms with Crippen LogP contribution in [0, 0.1) is 6.92 Å². The second-order valence-corrected chi connectivity index (χ2v) is 7.22. The van der Waals surface area contributed by atoms with E-state index in [0.717, 1.165) is 17.2 Å². The predicted molar refractivity (Wildman–Crippen MR) is 93.7 cm³/mol. The number of carbonyl (C=O) groups excluding carboxylic acids is 1. The van der Waals surface area contributed by atoms with Crippen LogP contribution in [0.5, 0.6) is 0 Å². The van der Waals surface area contributed by atoms with Crippen molar-refractivity contribution in [3.63, 3.8) is 0 Å². The van der Waals surface area contributed by atoms with E-state index in [1.807, 2.05) is 4.90 Å². The second-order valence-electron chi connectivity index (χ2n) is 6.21. The van der Waals surface area contributed by atoms with Crippen LogP contribution in [0.4, 0.5) is 5.13 Å². The molecule has 0 saturated carbocycles. The normalized spacial score (nSPS) is 22.1. The van der Waals surface area contributed by atoms with Gasteiger partial charge in [0.2, 0.25) is 0 Å². The zero-order valence-electron chi connectivity index (χ0n) is 13.7. The number of fused-ring (bicyclic) bond motifs is 1.